The topological polar surface area (TPSA) is 67.2 Å². The van der Waals surface area contributed by atoms with Gasteiger partial charge >= 0.3 is 0 Å². The van der Waals surface area contributed by atoms with Gasteiger partial charge in [0.15, 0.2) is 0 Å². The zero-order valence-corrected chi connectivity index (χ0v) is 23.3. The lowest BCUT2D eigenvalue weighted by Gasteiger charge is -2.21. The Bertz CT molecular complexity index is 1190. The minimum atomic E-state index is -0.253. The number of rotatable bonds is 11. The van der Waals surface area contributed by atoms with Crippen LogP contribution in [0, 0.1) is 6.92 Å². The van der Waals surface area contributed by atoms with Crippen molar-refractivity contribution in [2.24, 2.45) is 0 Å². The van der Waals surface area contributed by atoms with Gasteiger partial charge in [-0.3, -0.25) is 9.59 Å². The molecule has 0 spiro atoms. The van der Waals surface area contributed by atoms with Gasteiger partial charge in [0.25, 0.3) is 5.91 Å². The van der Waals surface area contributed by atoms with Gasteiger partial charge in [0.05, 0.1) is 11.4 Å². The second-order valence-corrected chi connectivity index (χ2v) is 10.8. The number of hydrogen-bond acceptors (Lipinski definition) is 3. The van der Waals surface area contributed by atoms with Gasteiger partial charge in [-0.2, -0.15) is 5.10 Å². The zero-order chi connectivity index (χ0) is 27.0. The second kappa shape index (κ2) is 12.7. The van der Waals surface area contributed by atoms with Crippen LogP contribution in [0.1, 0.15) is 87.5 Å². The van der Waals surface area contributed by atoms with Crippen LogP contribution in [0.5, 0.6) is 0 Å². The van der Waals surface area contributed by atoms with E-state index in [9.17, 15) is 9.59 Å². The third-order valence-electron chi connectivity index (χ3n) is 6.51. The molecule has 6 nitrogen and oxygen atoms in total. The Morgan fingerprint density at radius 3 is 2.32 bits per heavy atom. The Balaban J connectivity index is 1.71. The maximum absolute atomic E-state index is 13.2. The number of carbonyl (C=O) groups excluding carboxylic acids is 2. The molecule has 37 heavy (non-hydrogen) atoms. The van der Waals surface area contributed by atoms with Crippen molar-refractivity contribution < 1.29 is 9.59 Å². The molecule has 2 amide bonds. The monoisotopic (exact) mass is 502 g/mol. The van der Waals surface area contributed by atoms with Crippen molar-refractivity contribution in [1.82, 2.24) is 14.7 Å². The molecule has 0 bridgehead atoms. The molecule has 3 aromatic rings. The molecular formula is C31H42N4O2. The highest BCUT2D eigenvalue weighted by Crippen LogP contribution is 2.26. The Kier molecular flexibility index (Phi) is 9.67. The standard InChI is InChI=1S/C31H42N4O2/c1-7-9-10-11-14-24-16-18-25(19-17-24)30(37)34(8-2)22-29(36)32-28-21-27(31(4,5)6)33-35(28)26-15-12-13-23(3)20-26/h12-13,15-21H,7-11,14,22H2,1-6H3,(H,32,36). The van der Waals surface area contributed by atoms with E-state index in [1.807, 2.05) is 68.4 Å². The van der Waals surface area contributed by atoms with Crippen molar-refractivity contribution in [2.45, 2.75) is 79.1 Å². The number of likely N-dealkylation sites (N-methyl/N-ethyl adjacent to an activating group) is 1. The molecule has 0 unspecified atom stereocenters. The predicted molar refractivity (Wildman–Crippen MR) is 151 cm³/mol. The van der Waals surface area contributed by atoms with Crippen LogP contribution in [-0.2, 0) is 16.6 Å². The molecule has 0 radical (unpaired) electrons. The summed E-state index contributed by atoms with van der Waals surface area (Å²) in [6.07, 6.45) is 5.90. The number of nitrogens with zero attached hydrogens (tertiary/aromatic N) is 3. The quantitative estimate of drug-likeness (QED) is 0.297. The molecular weight excluding hydrogens is 460 g/mol. The molecule has 0 saturated carbocycles. The molecule has 1 heterocycles. The first-order valence-electron chi connectivity index (χ1n) is 13.5. The van der Waals surface area contributed by atoms with Crippen molar-refractivity contribution in [1.29, 1.82) is 0 Å². The number of nitrogens with one attached hydrogen (secondary N) is 1. The fourth-order valence-corrected chi connectivity index (χ4v) is 4.23. The van der Waals surface area contributed by atoms with Gasteiger partial charge in [0.2, 0.25) is 5.91 Å². The van der Waals surface area contributed by atoms with Crippen LogP contribution < -0.4 is 5.32 Å². The van der Waals surface area contributed by atoms with Crippen LogP contribution in [0.4, 0.5) is 5.82 Å². The summed E-state index contributed by atoms with van der Waals surface area (Å²) < 4.78 is 1.77. The second-order valence-electron chi connectivity index (χ2n) is 10.8. The molecule has 2 aromatic carbocycles. The number of aromatic nitrogens is 2. The fraction of sp³-hybridized carbons (Fsp3) is 0.452. The maximum Gasteiger partial charge on any atom is 0.254 e. The Morgan fingerprint density at radius 2 is 1.70 bits per heavy atom. The van der Waals surface area contributed by atoms with Gasteiger partial charge < -0.3 is 10.2 Å². The maximum atomic E-state index is 13.2. The van der Waals surface area contributed by atoms with Crippen molar-refractivity contribution in [3.8, 4) is 5.69 Å². The van der Waals surface area contributed by atoms with Crippen LogP contribution >= 0.6 is 0 Å². The summed E-state index contributed by atoms with van der Waals surface area (Å²) in [6.45, 7) is 12.8. The van der Waals surface area contributed by atoms with E-state index < -0.39 is 0 Å². The predicted octanol–water partition coefficient (Wildman–Crippen LogP) is 6.70. The highest BCUT2D eigenvalue weighted by Gasteiger charge is 2.23. The summed E-state index contributed by atoms with van der Waals surface area (Å²) in [5.41, 5.74) is 4.53. The highest BCUT2D eigenvalue weighted by atomic mass is 16.2. The van der Waals surface area contributed by atoms with Gasteiger partial charge in [-0.05, 0) is 62.1 Å². The van der Waals surface area contributed by atoms with Crippen LogP contribution in [0.15, 0.2) is 54.6 Å². The van der Waals surface area contributed by atoms with E-state index in [1.165, 1.54) is 31.2 Å². The number of carbonyl (C=O) groups is 2. The average molecular weight is 503 g/mol. The lowest BCUT2D eigenvalue weighted by Crippen LogP contribution is -2.38. The summed E-state index contributed by atoms with van der Waals surface area (Å²) >= 11 is 0. The molecule has 0 aliphatic heterocycles. The number of amides is 2. The Hall–Kier alpha value is -3.41. The molecule has 1 N–H and O–H groups in total. The van der Waals surface area contributed by atoms with E-state index in [-0.39, 0.29) is 23.8 Å². The lowest BCUT2D eigenvalue weighted by molar-refractivity contribution is -0.116. The van der Waals surface area contributed by atoms with Crippen molar-refractivity contribution in [3.05, 3.63) is 77.0 Å². The van der Waals surface area contributed by atoms with Crippen molar-refractivity contribution >= 4 is 17.6 Å². The molecule has 0 saturated heterocycles. The number of anilines is 1. The first kappa shape index (κ1) is 28.2. The number of hydrogen-bond donors (Lipinski definition) is 1. The SMILES string of the molecule is CCCCCCc1ccc(C(=O)N(CC)CC(=O)Nc2cc(C(C)(C)C)nn2-c2cccc(C)c2)cc1. The minimum Gasteiger partial charge on any atom is -0.330 e. The van der Waals surface area contributed by atoms with Gasteiger partial charge in [-0.15, -0.1) is 0 Å². The highest BCUT2D eigenvalue weighted by molar-refractivity contribution is 5.99. The number of unbranched alkanes of at least 4 members (excludes halogenated alkanes) is 3. The van der Waals surface area contributed by atoms with E-state index >= 15 is 0 Å². The molecule has 0 fully saturated rings. The van der Waals surface area contributed by atoms with Crippen molar-refractivity contribution in [2.75, 3.05) is 18.4 Å². The van der Waals surface area contributed by atoms with E-state index in [4.69, 9.17) is 5.10 Å². The molecule has 0 aliphatic rings. The first-order valence-corrected chi connectivity index (χ1v) is 13.5. The van der Waals surface area contributed by atoms with Crippen LogP contribution in [0.25, 0.3) is 5.69 Å². The summed E-state index contributed by atoms with van der Waals surface area (Å²) in [5.74, 6) is 0.200. The largest absolute Gasteiger partial charge is 0.330 e. The normalized spacial score (nSPS) is 11.4. The van der Waals surface area contributed by atoms with E-state index in [0.717, 1.165) is 23.4 Å². The Labute approximate surface area is 222 Å². The molecule has 0 atom stereocenters. The summed E-state index contributed by atoms with van der Waals surface area (Å²) in [5, 5.41) is 7.79. The molecule has 3 rings (SSSR count). The van der Waals surface area contributed by atoms with Crippen LogP contribution in [-0.4, -0.2) is 39.6 Å². The van der Waals surface area contributed by atoms with E-state index in [1.54, 1.807) is 9.58 Å². The summed E-state index contributed by atoms with van der Waals surface area (Å²) in [6, 6.07) is 17.7. The fourth-order valence-electron chi connectivity index (χ4n) is 4.23. The van der Waals surface area contributed by atoms with E-state index in [0.29, 0.717) is 17.9 Å². The van der Waals surface area contributed by atoms with Crippen molar-refractivity contribution in [3.63, 3.8) is 0 Å². The third-order valence-corrected chi connectivity index (χ3v) is 6.51. The third kappa shape index (κ3) is 7.78. The van der Waals surface area contributed by atoms with E-state index in [2.05, 4.69) is 33.0 Å². The summed E-state index contributed by atoms with van der Waals surface area (Å²) in [4.78, 5) is 27.8. The number of benzene rings is 2. The zero-order valence-electron chi connectivity index (χ0n) is 23.3. The molecule has 0 aliphatic carbocycles. The average Bonchev–Trinajstić information content (AvgIpc) is 3.29. The van der Waals surface area contributed by atoms with Gasteiger partial charge in [-0.25, -0.2) is 4.68 Å². The van der Waals surface area contributed by atoms with Crippen LogP contribution in [0.2, 0.25) is 0 Å². The first-order chi connectivity index (χ1) is 17.6. The molecule has 6 heteroatoms. The number of aryl methyl sites for hydroxylation is 2. The van der Waals surface area contributed by atoms with Gasteiger partial charge in [-0.1, -0.05) is 71.2 Å². The minimum absolute atomic E-state index is 0.0298. The van der Waals surface area contributed by atoms with Gasteiger partial charge in [0, 0.05) is 23.6 Å². The molecule has 198 valence electrons. The smallest absolute Gasteiger partial charge is 0.254 e. The summed E-state index contributed by atoms with van der Waals surface area (Å²) in [7, 11) is 0. The molecule has 1 aromatic heterocycles. The Morgan fingerprint density at radius 1 is 0.973 bits per heavy atom. The van der Waals surface area contributed by atoms with Crippen LogP contribution in [0.3, 0.4) is 0 Å². The van der Waals surface area contributed by atoms with Gasteiger partial charge in [0.1, 0.15) is 12.4 Å². The lowest BCUT2D eigenvalue weighted by atomic mass is 9.92.